The van der Waals surface area contributed by atoms with Gasteiger partial charge in [0, 0.05) is 31.7 Å². The fraction of sp³-hybridized carbons (Fsp3) is 0.600. The van der Waals surface area contributed by atoms with Crippen molar-refractivity contribution < 1.29 is 4.79 Å². The Balaban J connectivity index is 1.46. The van der Waals surface area contributed by atoms with Gasteiger partial charge < -0.3 is 16.0 Å². The topological polar surface area (TPSA) is 66.1 Å². The maximum absolute atomic E-state index is 11.7. The fourth-order valence-electron chi connectivity index (χ4n) is 2.39. The van der Waals surface area contributed by atoms with E-state index in [0.29, 0.717) is 12.5 Å². The van der Waals surface area contributed by atoms with E-state index >= 15 is 0 Å². The maximum Gasteiger partial charge on any atom is 0.221 e. The Labute approximate surface area is 120 Å². The molecule has 1 atom stereocenters. The Morgan fingerprint density at radius 1 is 1.35 bits per heavy atom. The molecule has 0 bridgehead atoms. The number of unbranched alkanes of at least 4 members (excludes halogenated alkanes) is 1. The van der Waals surface area contributed by atoms with E-state index in [1.165, 1.54) is 6.42 Å². The van der Waals surface area contributed by atoms with Gasteiger partial charge in [-0.15, -0.1) is 0 Å². The Morgan fingerprint density at radius 3 is 3.00 bits per heavy atom. The van der Waals surface area contributed by atoms with Gasteiger partial charge in [0.15, 0.2) is 0 Å². The second-order valence-electron chi connectivity index (χ2n) is 5.20. The molecule has 0 aromatic carbocycles. The fourth-order valence-corrected chi connectivity index (χ4v) is 2.39. The number of nitrogens with zero attached hydrogens (tertiary/aromatic N) is 1. The largest absolute Gasteiger partial charge is 0.370 e. The molecule has 1 aliphatic rings. The molecule has 1 fully saturated rings. The first-order chi connectivity index (χ1) is 9.84. The van der Waals surface area contributed by atoms with Crippen LogP contribution >= 0.6 is 0 Å². The van der Waals surface area contributed by atoms with Crippen molar-refractivity contribution in [1.82, 2.24) is 15.6 Å². The average Bonchev–Trinajstić information content (AvgIpc) is 2.96. The van der Waals surface area contributed by atoms with E-state index in [1.54, 1.807) is 6.20 Å². The third-order valence-corrected chi connectivity index (χ3v) is 3.49. The second kappa shape index (κ2) is 8.53. The molecular formula is C15H24N4O. The van der Waals surface area contributed by atoms with Crippen LogP contribution in [0.5, 0.6) is 0 Å². The van der Waals surface area contributed by atoms with E-state index in [0.717, 1.165) is 44.7 Å². The summed E-state index contributed by atoms with van der Waals surface area (Å²) in [7, 11) is 0. The van der Waals surface area contributed by atoms with Gasteiger partial charge >= 0.3 is 0 Å². The number of pyridine rings is 1. The standard InChI is InChI=1S/C15H24N4O/c20-15(12-13-6-5-11-16-13)19-10-4-3-9-18-14-7-1-2-8-17-14/h1-2,7-8,13,16H,3-6,9-12H2,(H,17,18)(H,19,20). The van der Waals surface area contributed by atoms with E-state index in [4.69, 9.17) is 0 Å². The number of carbonyl (C=O) groups is 1. The Morgan fingerprint density at radius 2 is 2.25 bits per heavy atom. The predicted molar refractivity (Wildman–Crippen MR) is 80.6 cm³/mol. The monoisotopic (exact) mass is 276 g/mol. The van der Waals surface area contributed by atoms with Gasteiger partial charge in [-0.05, 0) is 44.4 Å². The molecule has 3 N–H and O–H groups in total. The number of rotatable bonds is 8. The molecule has 5 nitrogen and oxygen atoms in total. The SMILES string of the molecule is O=C(CC1CCCN1)NCCCCNc1ccccn1. The zero-order valence-corrected chi connectivity index (χ0v) is 11.9. The molecule has 0 radical (unpaired) electrons. The molecule has 1 saturated heterocycles. The van der Waals surface area contributed by atoms with Crippen molar-refractivity contribution in [2.45, 2.75) is 38.1 Å². The molecule has 1 aliphatic heterocycles. The highest BCUT2D eigenvalue weighted by atomic mass is 16.1. The summed E-state index contributed by atoms with van der Waals surface area (Å²) in [6.45, 7) is 2.70. The van der Waals surface area contributed by atoms with Crippen molar-refractivity contribution in [2.24, 2.45) is 0 Å². The summed E-state index contributed by atoms with van der Waals surface area (Å²) in [4.78, 5) is 15.9. The van der Waals surface area contributed by atoms with Crippen molar-refractivity contribution in [3.63, 3.8) is 0 Å². The number of hydrogen-bond acceptors (Lipinski definition) is 4. The summed E-state index contributed by atoms with van der Waals surface area (Å²) in [5.74, 6) is 1.07. The zero-order valence-electron chi connectivity index (χ0n) is 11.9. The highest BCUT2D eigenvalue weighted by Crippen LogP contribution is 2.08. The lowest BCUT2D eigenvalue weighted by Crippen LogP contribution is -2.32. The van der Waals surface area contributed by atoms with Crippen LogP contribution in [0.1, 0.15) is 32.1 Å². The molecule has 0 aliphatic carbocycles. The molecule has 1 amide bonds. The summed E-state index contributed by atoms with van der Waals surface area (Å²) in [6, 6.07) is 6.21. The van der Waals surface area contributed by atoms with E-state index in [1.807, 2.05) is 18.2 Å². The number of anilines is 1. The summed E-state index contributed by atoms with van der Waals surface area (Å²) in [5.41, 5.74) is 0. The van der Waals surface area contributed by atoms with Crippen molar-refractivity contribution in [3.05, 3.63) is 24.4 Å². The lowest BCUT2D eigenvalue weighted by molar-refractivity contribution is -0.121. The summed E-state index contributed by atoms with van der Waals surface area (Å²) >= 11 is 0. The highest BCUT2D eigenvalue weighted by Gasteiger charge is 2.16. The Hall–Kier alpha value is -1.62. The number of hydrogen-bond donors (Lipinski definition) is 3. The number of amides is 1. The minimum atomic E-state index is 0.169. The average molecular weight is 276 g/mol. The Bertz CT molecular complexity index is 390. The minimum Gasteiger partial charge on any atom is -0.370 e. The molecule has 2 rings (SSSR count). The van der Waals surface area contributed by atoms with Crippen LogP contribution in [0.15, 0.2) is 24.4 Å². The molecule has 1 unspecified atom stereocenters. The van der Waals surface area contributed by atoms with E-state index in [9.17, 15) is 4.79 Å². The van der Waals surface area contributed by atoms with E-state index in [2.05, 4.69) is 20.9 Å². The third kappa shape index (κ3) is 5.57. The molecule has 110 valence electrons. The first kappa shape index (κ1) is 14.8. The van der Waals surface area contributed by atoms with Crippen molar-refractivity contribution >= 4 is 11.7 Å². The zero-order chi connectivity index (χ0) is 14.0. The highest BCUT2D eigenvalue weighted by molar-refractivity contribution is 5.76. The molecule has 20 heavy (non-hydrogen) atoms. The van der Waals surface area contributed by atoms with Gasteiger partial charge in [-0.2, -0.15) is 0 Å². The first-order valence-corrected chi connectivity index (χ1v) is 7.49. The van der Waals surface area contributed by atoms with Gasteiger partial charge in [0.05, 0.1) is 0 Å². The summed E-state index contributed by atoms with van der Waals surface area (Å²) in [6.07, 6.45) is 6.73. The quantitative estimate of drug-likeness (QED) is 0.630. The van der Waals surface area contributed by atoms with Crippen LogP contribution < -0.4 is 16.0 Å². The molecule has 1 aromatic heterocycles. The van der Waals surface area contributed by atoms with Gasteiger partial charge in [-0.3, -0.25) is 4.79 Å². The lowest BCUT2D eigenvalue weighted by Gasteiger charge is -2.10. The van der Waals surface area contributed by atoms with Crippen molar-refractivity contribution in [1.29, 1.82) is 0 Å². The van der Waals surface area contributed by atoms with Crippen LogP contribution in [-0.2, 0) is 4.79 Å². The number of aromatic nitrogens is 1. The molecule has 5 heteroatoms. The molecule has 0 saturated carbocycles. The lowest BCUT2D eigenvalue weighted by atomic mass is 10.1. The first-order valence-electron chi connectivity index (χ1n) is 7.49. The normalized spacial score (nSPS) is 17.9. The summed E-state index contributed by atoms with van der Waals surface area (Å²) in [5, 5.41) is 9.58. The molecule has 0 spiro atoms. The van der Waals surface area contributed by atoms with Crippen molar-refractivity contribution in [3.8, 4) is 0 Å². The second-order valence-corrected chi connectivity index (χ2v) is 5.20. The van der Waals surface area contributed by atoms with Crippen LogP contribution in [-0.4, -0.2) is 36.6 Å². The van der Waals surface area contributed by atoms with Crippen LogP contribution in [0, 0.1) is 0 Å². The van der Waals surface area contributed by atoms with Gasteiger partial charge in [0.1, 0.15) is 5.82 Å². The molecular weight excluding hydrogens is 252 g/mol. The number of carbonyl (C=O) groups excluding carboxylic acids is 1. The van der Waals surface area contributed by atoms with Crippen LogP contribution in [0.4, 0.5) is 5.82 Å². The van der Waals surface area contributed by atoms with Gasteiger partial charge in [0.2, 0.25) is 5.91 Å². The van der Waals surface area contributed by atoms with Gasteiger partial charge in [0.25, 0.3) is 0 Å². The molecule has 1 aromatic rings. The Kier molecular flexibility index (Phi) is 6.31. The maximum atomic E-state index is 11.7. The van der Waals surface area contributed by atoms with Crippen molar-refractivity contribution in [2.75, 3.05) is 25.0 Å². The molecule has 2 heterocycles. The number of nitrogens with one attached hydrogen (secondary N) is 3. The predicted octanol–water partition coefficient (Wildman–Crippen LogP) is 1.53. The van der Waals surface area contributed by atoms with Crippen LogP contribution in [0.2, 0.25) is 0 Å². The van der Waals surface area contributed by atoms with Gasteiger partial charge in [-0.25, -0.2) is 4.98 Å². The van der Waals surface area contributed by atoms with Gasteiger partial charge in [-0.1, -0.05) is 6.07 Å². The van der Waals surface area contributed by atoms with Crippen LogP contribution in [0.25, 0.3) is 0 Å². The third-order valence-electron chi connectivity index (χ3n) is 3.49. The van der Waals surface area contributed by atoms with E-state index < -0.39 is 0 Å². The smallest absolute Gasteiger partial charge is 0.221 e. The van der Waals surface area contributed by atoms with Crippen LogP contribution in [0.3, 0.4) is 0 Å². The summed E-state index contributed by atoms with van der Waals surface area (Å²) < 4.78 is 0. The van der Waals surface area contributed by atoms with E-state index in [-0.39, 0.29) is 5.91 Å². The minimum absolute atomic E-state index is 0.169.